The monoisotopic (exact) mass is 498 g/mol. The zero-order chi connectivity index (χ0) is 26.1. The molecule has 1 unspecified atom stereocenters. The fourth-order valence-corrected chi connectivity index (χ4v) is 4.92. The molecule has 0 radical (unpaired) electrons. The largest absolute Gasteiger partial charge is 0.506 e. The van der Waals surface area contributed by atoms with Gasteiger partial charge in [0.05, 0.1) is 39.5 Å². The Bertz CT molecular complexity index is 1510. The van der Waals surface area contributed by atoms with Crippen LogP contribution in [-0.2, 0) is 16.1 Å². The van der Waals surface area contributed by atoms with E-state index < -0.39 is 17.7 Å². The predicted molar refractivity (Wildman–Crippen MR) is 139 cm³/mol. The summed E-state index contributed by atoms with van der Waals surface area (Å²) in [5.74, 6) is -0.679. The van der Waals surface area contributed by atoms with Gasteiger partial charge < -0.3 is 29.2 Å². The number of likely N-dealkylation sites (tertiary alicyclic amines) is 1. The quantitative estimate of drug-likeness (QED) is 0.215. The van der Waals surface area contributed by atoms with Crippen LogP contribution in [-0.4, -0.2) is 48.0 Å². The molecule has 0 bridgehead atoms. The average Bonchev–Trinajstić information content (AvgIpc) is 3.46. The molecule has 2 heterocycles. The van der Waals surface area contributed by atoms with Gasteiger partial charge >= 0.3 is 0 Å². The van der Waals surface area contributed by atoms with E-state index in [2.05, 4.69) is 4.98 Å². The van der Waals surface area contributed by atoms with Crippen molar-refractivity contribution < 1.29 is 28.9 Å². The highest BCUT2D eigenvalue weighted by Gasteiger charge is 2.47. The van der Waals surface area contributed by atoms with Gasteiger partial charge in [-0.15, -0.1) is 0 Å². The van der Waals surface area contributed by atoms with Gasteiger partial charge in [0.25, 0.3) is 11.7 Å². The zero-order valence-electron chi connectivity index (χ0n) is 20.6. The molecule has 188 valence electrons. The Labute approximate surface area is 213 Å². The Morgan fingerprint density at radius 3 is 2.19 bits per heavy atom. The molecule has 8 heteroatoms. The smallest absolute Gasteiger partial charge is 0.295 e. The number of aromatic nitrogens is 1. The number of H-pyrrole nitrogens is 1. The Morgan fingerprint density at radius 2 is 1.49 bits per heavy atom. The molecule has 3 aromatic carbocycles. The van der Waals surface area contributed by atoms with Crippen molar-refractivity contribution in [2.75, 3.05) is 21.3 Å². The molecule has 0 aliphatic carbocycles. The fraction of sp³-hybridized carbons (Fsp3) is 0.172. The van der Waals surface area contributed by atoms with Crippen molar-refractivity contribution in [2.45, 2.75) is 12.6 Å². The van der Waals surface area contributed by atoms with Gasteiger partial charge in [-0.25, -0.2) is 0 Å². The molecular weight excluding hydrogens is 472 g/mol. The molecule has 1 amide bonds. The Kier molecular flexibility index (Phi) is 6.31. The van der Waals surface area contributed by atoms with Crippen LogP contribution < -0.4 is 14.2 Å². The van der Waals surface area contributed by atoms with E-state index in [9.17, 15) is 14.7 Å². The number of nitrogens with one attached hydrogen (secondary N) is 1. The third kappa shape index (κ3) is 3.96. The summed E-state index contributed by atoms with van der Waals surface area (Å²) in [7, 11) is 4.48. The first kappa shape index (κ1) is 24.0. The van der Waals surface area contributed by atoms with E-state index in [0.29, 0.717) is 22.8 Å². The maximum Gasteiger partial charge on any atom is 0.295 e. The number of hydrogen-bond acceptors (Lipinski definition) is 6. The Balaban J connectivity index is 1.76. The number of fused-ring (bicyclic) bond motifs is 1. The maximum atomic E-state index is 13.6. The van der Waals surface area contributed by atoms with Gasteiger partial charge in [-0.3, -0.25) is 9.59 Å². The first-order chi connectivity index (χ1) is 18.0. The maximum absolute atomic E-state index is 13.6. The number of methoxy groups -OCH3 is 3. The normalized spacial score (nSPS) is 16.8. The van der Waals surface area contributed by atoms with E-state index >= 15 is 0 Å². The molecular formula is C29H26N2O6. The van der Waals surface area contributed by atoms with Crippen LogP contribution in [0.2, 0.25) is 0 Å². The van der Waals surface area contributed by atoms with Crippen LogP contribution in [0.4, 0.5) is 0 Å². The number of carbonyl (C=O) groups excluding carboxylic acids is 2. The van der Waals surface area contributed by atoms with Crippen LogP contribution in [0.25, 0.3) is 16.7 Å². The minimum Gasteiger partial charge on any atom is -0.506 e. The number of hydrogen-bond donors (Lipinski definition) is 2. The third-order valence-electron chi connectivity index (χ3n) is 6.65. The van der Waals surface area contributed by atoms with E-state index in [-0.39, 0.29) is 23.4 Å². The summed E-state index contributed by atoms with van der Waals surface area (Å²) >= 11 is 0. The lowest BCUT2D eigenvalue weighted by Gasteiger charge is -2.26. The minimum absolute atomic E-state index is 0.0487. The number of Topliss-reactive ketones (excluding diaryl/α,β-unsaturated/α-hetero) is 1. The van der Waals surface area contributed by atoms with Gasteiger partial charge in [-0.2, -0.15) is 0 Å². The Morgan fingerprint density at radius 1 is 0.865 bits per heavy atom. The van der Waals surface area contributed by atoms with Gasteiger partial charge in [0, 0.05) is 28.2 Å². The van der Waals surface area contributed by atoms with E-state index in [1.54, 1.807) is 37.6 Å². The number of rotatable bonds is 7. The Hall–Kier alpha value is -4.72. The highest BCUT2D eigenvalue weighted by Crippen LogP contribution is 2.45. The van der Waals surface area contributed by atoms with Crippen LogP contribution in [0.3, 0.4) is 0 Å². The molecule has 0 spiro atoms. The molecule has 1 atom stereocenters. The summed E-state index contributed by atoms with van der Waals surface area (Å²) in [5.41, 5.74) is 2.40. The topological polar surface area (TPSA) is 101 Å². The molecule has 37 heavy (non-hydrogen) atoms. The van der Waals surface area contributed by atoms with Gasteiger partial charge in [0.15, 0.2) is 0 Å². The summed E-state index contributed by atoms with van der Waals surface area (Å²) in [6.45, 7) is 0.0958. The number of ether oxygens (including phenoxy) is 3. The second kappa shape index (κ2) is 9.73. The fourth-order valence-electron chi connectivity index (χ4n) is 4.92. The molecule has 4 aromatic rings. The van der Waals surface area contributed by atoms with Crippen molar-refractivity contribution in [1.29, 1.82) is 0 Å². The summed E-state index contributed by atoms with van der Waals surface area (Å²) in [5, 5.41) is 12.5. The highest BCUT2D eigenvalue weighted by molar-refractivity contribution is 6.46. The number of aromatic amines is 1. The summed E-state index contributed by atoms with van der Waals surface area (Å²) in [6.07, 6.45) is 1.77. The van der Waals surface area contributed by atoms with Crippen LogP contribution in [0.15, 0.2) is 78.5 Å². The van der Waals surface area contributed by atoms with Gasteiger partial charge in [-0.05, 0) is 24.3 Å². The van der Waals surface area contributed by atoms with Gasteiger partial charge in [0.1, 0.15) is 28.6 Å². The van der Waals surface area contributed by atoms with E-state index in [1.165, 1.54) is 19.1 Å². The zero-order valence-corrected chi connectivity index (χ0v) is 20.6. The number of para-hydroxylation sites is 2. The summed E-state index contributed by atoms with van der Waals surface area (Å²) < 4.78 is 16.4. The number of nitrogens with zero attached hydrogens (tertiary/aromatic N) is 1. The first-order valence-electron chi connectivity index (χ1n) is 11.7. The van der Waals surface area contributed by atoms with Crippen LogP contribution in [0.5, 0.6) is 17.2 Å². The van der Waals surface area contributed by atoms with Crippen molar-refractivity contribution in [3.8, 4) is 17.2 Å². The summed E-state index contributed by atoms with van der Waals surface area (Å²) in [4.78, 5) is 31.8. The van der Waals surface area contributed by atoms with Crippen molar-refractivity contribution in [1.82, 2.24) is 9.88 Å². The van der Waals surface area contributed by atoms with E-state index in [1.807, 2.05) is 42.5 Å². The van der Waals surface area contributed by atoms with Gasteiger partial charge in [0.2, 0.25) is 0 Å². The van der Waals surface area contributed by atoms with E-state index in [4.69, 9.17) is 14.2 Å². The van der Waals surface area contributed by atoms with Crippen molar-refractivity contribution in [3.05, 3.63) is 95.2 Å². The molecule has 5 rings (SSSR count). The lowest BCUT2D eigenvalue weighted by molar-refractivity contribution is -0.140. The van der Waals surface area contributed by atoms with E-state index in [0.717, 1.165) is 16.5 Å². The number of ketones is 1. The number of carbonyl (C=O) groups is 2. The number of aliphatic hydroxyl groups is 1. The number of benzene rings is 3. The third-order valence-corrected chi connectivity index (χ3v) is 6.65. The predicted octanol–water partition coefficient (Wildman–Crippen LogP) is 4.82. The highest BCUT2D eigenvalue weighted by atomic mass is 16.5. The van der Waals surface area contributed by atoms with Crippen molar-refractivity contribution >= 4 is 28.4 Å². The van der Waals surface area contributed by atoms with Crippen LogP contribution in [0, 0.1) is 0 Å². The summed E-state index contributed by atoms with van der Waals surface area (Å²) in [6, 6.07) is 19.1. The number of aliphatic hydroxyl groups excluding tert-OH is 1. The standard InChI is InChI=1S/C29H26N2O6/c1-35-21-12-7-4-9-17(21)16-31-26(19-15-30-20-11-6-5-10-18(19)20)25(28(33)29(31)34)27(32)24-22(36-2)13-8-14-23(24)37-3/h4-15,26,30,32H,16H2,1-3H3/b27-25+. The second-order valence-corrected chi connectivity index (χ2v) is 8.57. The molecule has 0 saturated carbocycles. The molecule has 1 saturated heterocycles. The molecule has 1 aliphatic heterocycles. The second-order valence-electron chi connectivity index (χ2n) is 8.57. The molecule has 2 N–H and O–H groups in total. The van der Waals surface area contributed by atoms with Crippen molar-refractivity contribution in [2.24, 2.45) is 0 Å². The number of amides is 1. The molecule has 1 fully saturated rings. The molecule has 1 aromatic heterocycles. The molecule has 8 nitrogen and oxygen atoms in total. The first-order valence-corrected chi connectivity index (χ1v) is 11.7. The average molecular weight is 499 g/mol. The van der Waals surface area contributed by atoms with Crippen molar-refractivity contribution in [3.63, 3.8) is 0 Å². The molecule has 1 aliphatic rings. The van der Waals surface area contributed by atoms with Crippen LogP contribution >= 0.6 is 0 Å². The minimum atomic E-state index is -0.879. The van der Waals surface area contributed by atoms with Gasteiger partial charge in [-0.1, -0.05) is 42.5 Å². The SMILES string of the molecule is COc1ccccc1CN1C(=O)C(=O)/C(=C(/O)c2c(OC)cccc2OC)C1c1c[nH]c2ccccc12. The lowest BCUT2D eigenvalue weighted by Crippen LogP contribution is -2.29. The van der Waals surface area contributed by atoms with Crippen LogP contribution in [0.1, 0.15) is 22.7 Å². The lowest BCUT2D eigenvalue weighted by atomic mass is 9.94.